The SMILES string of the molecule is COc1cc2c(Oc3ccc(CC(=O)c4cccn(C)c4=O)cc3F)ccnc2cc1OCCCN1CCOCC1. The fraction of sp³-hybridized carbons (Fsp3) is 0.323. The maximum Gasteiger partial charge on any atom is 0.261 e. The molecular weight excluding hydrogens is 529 g/mol. The summed E-state index contributed by atoms with van der Waals surface area (Å²) >= 11 is 0. The Labute approximate surface area is 237 Å². The van der Waals surface area contributed by atoms with Crippen LogP contribution in [0.1, 0.15) is 22.3 Å². The van der Waals surface area contributed by atoms with Gasteiger partial charge >= 0.3 is 0 Å². The predicted molar refractivity (Wildman–Crippen MR) is 152 cm³/mol. The minimum Gasteiger partial charge on any atom is -0.493 e. The Bertz CT molecular complexity index is 1600. The molecule has 4 aromatic rings. The summed E-state index contributed by atoms with van der Waals surface area (Å²) in [7, 11) is 3.13. The zero-order valence-electron chi connectivity index (χ0n) is 23.1. The van der Waals surface area contributed by atoms with E-state index in [1.165, 1.54) is 22.8 Å². The lowest BCUT2D eigenvalue weighted by molar-refractivity contribution is 0.0357. The van der Waals surface area contributed by atoms with Crippen LogP contribution in [0, 0.1) is 5.82 Å². The Morgan fingerprint density at radius 3 is 2.66 bits per heavy atom. The molecule has 214 valence electrons. The summed E-state index contributed by atoms with van der Waals surface area (Å²) in [6.07, 6.45) is 3.91. The number of fused-ring (bicyclic) bond motifs is 1. The second kappa shape index (κ2) is 12.9. The third kappa shape index (κ3) is 6.72. The van der Waals surface area contributed by atoms with Crippen LogP contribution < -0.4 is 19.8 Å². The van der Waals surface area contributed by atoms with Gasteiger partial charge in [0.2, 0.25) is 0 Å². The molecule has 0 aliphatic carbocycles. The number of ketones is 1. The molecule has 2 aromatic carbocycles. The van der Waals surface area contributed by atoms with Crippen LogP contribution in [0.15, 0.2) is 65.7 Å². The normalized spacial score (nSPS) is 13.7. The van der Waals surface area contributed by atoms with Crippen molar-refractivity contribution in [1.82, 2.24) is 14.5 Å². The van der Waals surface area contributed by atoms with Gasteiger partial charge in [0, 0.05) is 56.9 Å². The number of Topliss-reactive ketones (excluding diaryl/α,β-unsaturated/α-hetero) is 1. The number of rotatable bonds is 11. The second-order valence-corrected chi connectivity index (χ2v) is 9.79. The van der Waals surface area contributed by atoms with Gasteiger partial charge in [-0.25, -0.2) is 4.39 Å². The third-order valence-electron chi connectivity index (χ3n) is 6.97. The largest absolute Gasteiger partial charge is 0.493 e. The first-order chi connectivity index (χ1) is 19.9. The van der Waals surface area contributed by atoms with Crippen molar-refractivity contribution in [3.8, 4) is 23.0 Å². The van der Waals surface area contributed by atoms with E-state index in [9.17, 15) is 9.59 Å². The summed E-state index contributed by atoms with van der Waals surface area (Å²) < 4.78 is 39.3. The minimum atomic E-state index is -0.631. The highest BCUT2D eigenvalue weighted by atomic mass is 19.1. The molecule has 0 unspecified atom stereocenters. The van der Waals surface area contributed by atoms with Gasteiger partial charge in [0.1, 0.15) is 5.75 Å². The van der Waals surface area contributed by atoms with Crippen LogP contribution in [-0.4, -0.2) is 66.8 Å². The first-order valence-corrected chi connectivity index (χ1v) is 13.5. The van der Waals surface area contributed by atoms with Gasteiger partial charge in [-0.05, 0) is 48.4 Å². The van der Waals surface area contributed by atoms with Crippen molar-refractivity contribution >= 4 is 16.7 Å². The molecule has 9 nitrogen and oxygen atoms in total. The molecule has 2 aromatic heterocycles. The number of carbonyl (C=O) groups is 1. The fourth-order valence-corrected chi connectivity index (χ4v) is 4.73. The number of hydrogen-bond donors (Lipinski definition) is 0. The lowest BCUT2D eigenvalue weighted by Gasteiger charge is -2.26. The summed E-state index contributed by atoms with van der Waals surface area (Å²) in [6.45, 7) is 4.84. The number of aryl methyl sites for hydroxylation is 1. The molecule has 0 N–H and O–H groups in total. The van der Waals surface area contributed by atoms with Crippen LogP contribution in [0.5, 0.6) is 23.0 Å². The molecule has 0 saturated carbocycles. The molecule has 0 amide bonds. The van der Waals surface area contributed by atoms with E-state index >= 15 is 4.39 Å². The number of nitrogens with zero attached hydrogens (tertiary/aromatic N) is 3. The summed E-state index contributed by atoms with van der Waals surface area (Å²) in [5.74, 6) is 0.455. The van der Waals surface area contributed by atoms with Crippen molar-refractivity contribution in [3.05, 3.63) is 88.2 Å². The number of halogens is 1. The maximum atomic E-state index is 15.1. The van der Waals surface area contributed by atoms with Crippen LogP contribution in [0.3, 0.4) is 0 Å². The Morgan fingerprint density at radius 1 is 1.05 bits per heavy atom. The fourth-order valence-electron chi connectivity index (χ4n) is 4.73. The Kier molecular flexibility index (Phi) is 8.91. The number of morpholine rings is 1. The highest BCUT2D eigenvalue weighted by Crippen LogP contribution is 2.37. The highest BCUT2D eigenvalue weighted by molar-refractivity contribution is 5.97. The lowest BCUT2D eigenvalue weighted by Crippen LogP contribution is -2.37. The molecule has 41 heavy (non-hydrogen) atoms. The summed E-state index contributed by atoms with van der Waals surface area (Å²) in [5.41, 5.74) is 0.717. The molecule has 5 rings (SSSR count). The van der Waals surface area contributed by atoms with E-state index in [1.54, 1.807) is 56.9 Å². The van der Waals surface area contributed by atoms with Crippen LogP contribution >= 0.6 is 0 Å². The lowest BCUT2D eigenvalue weighted by atomic mass is 10.0. The number of carbonyl (C=O) groups excluding carboxylic acids is 1. The molecular formula is C31H32FN3O6. The minimum absolute atomic E-state index is 0.00766. The van der Waals surface area contributed by atoms with Gasteiger partial charge in [0.25, 0.3) is 5.56 Å². The van der Waals surface area contributed by atoms with E-state index in [-0.39, 0.29) is 29.1 Å². The van der Waals surface area contributed by atoms with Crippen molar-refractivity contribution in [1.29, 1.82) is 0 Å². The Morgan fingerprint density at radius 2 is 1.88 bits per heavy atom. The number of aromatic nitrogens is 2. The van der Waals surface area contributed by atoms with Gasteiger partial charge in [-0.1, -0.05) is 6.07 Å². The summed E-state index contributed by atoms with van der Waals surface area (Å²) in [5, 5.41) is 0.628. The van der Waals surface area contributed by atoms with Crippen molar-refractivity contribution < 1.29 is 28.1 Å². The van der Waals surface area contributed by atoms with Crippen LogP contribution in [0.4, 0.5) is 4.39 Å². The Hall–Kier alpha value is -4.28. The van der Waals surface area contributed by atoms with E-state index in [4.69, 9.17) is 18.9 Å². The van der Waals surface area contributed by atoms with Gasteiger partial charge in [0.15, 0.2) is 28.8 Å². The van der Waals surface area contributed by atoms with Crippen LogP contribution in [0.25, 0.3) is 10.9 Å². The molecule has 0 spiro atoms. The zero-order valence-corrected chi connectivity index (χ0v) is 23.1. The predicted octanol–water partition coefficient (Wildman–Crippen LogP) is 4.40. The molecule has 0 bridgehead atoms. The average Bonchev–Trinajstić information content (AvgIpc) is 2.98. The number of benzene rings is 2. The number of pyridine rings is 2. The van der Waals surface area contributed by atoms with Gasteiger partial charge < -0.3 is 23.5 Å². The summed E-state index contributed by atoms with van der Waals surface area (Å²) in [4.78, 5) is 31.7. The first kappa shape index (κ1) is 28.3. The average molecular weight is 562 g/mol. The van der Waals surface area contributed by atoms with E-state index in [0.717, 1.165) is 39.3 Å². The standard InChI is InChI=1S/C31H32FN3O6/c1-34-10-3-5-22(31(34)37)26(36)18-21-6-7-28(24(32)17-21)41-27-8-9-33-25-20-30(29(38-2)19-23(25)27)40-14-4-11-35-12-15-39-16-13-35/h3,5-10,17,19-20H,4,11-16,18H2,1-2H3. The number of ether oxygens (including phenoxy) is 4. The van der Waals surface area contributed by atoms with Gasteiger partial charge in [-0.2, -0.15) is 0 Å². The molecule has 0 radical (unpaired) electrons. The molecule has 1 saturated heterocycles. The maximum absolute atomic E-state index is 15.1. The Balaban J connectivity index is 1.28. The van der Waals surface area contributed by atoms with E-state index in [1.807, 2.05) is 0 Å². The van der Waals surface area contributed by atoms with E-state index < -0.39 is 5.82 Å². The van der Waals surface area contributed by atoms with Gasteiger partial charge in [-0.3, -0.25) is 19.5 Å². The topological polar surface area (TPSA) is 92.1 Å². The molecule has 10 heteroatoms. The van der Waals surface area contributed by atoms with E-state index in [2.05, 4.69) is 9.88 Å². The van der Waals surface area contributed by atoms with Crippen molar-refractivity contribution in [2.24, 2.45) is 7.05 Å². The summed E-state index contributed by atoms with van der Waals surface area (Å²) in [6, 6.07) is 12.6. The smallest absolute Gasteiger partial charge is 0.261 e. The third-order valence-corrected chi connectivity index (χ3v) is 6.97. The molecule has 1 fully saturated rings. The number of methoxy groups -OCH3 is 1. The monoisotopic (exact) mass is 561 g/mol. The van der Waals surface area contributed by atoms with Gasteiger partial charge in [0.05, 0.1) is 38.0 Å². The van der Waals surface area contributed by atoms with Crippen LogP contribution in [-0.2, 0) is 18.2 Å². The molecule has 1 aliphatic heterocycles. The highest BCUT2D eigenvalue weighted by Gasteiger charge is 2.17. The number of hydrogen-bond acceptors (Lipinski definition) is 8. The second-order valence-electron chi connectivity index (χ2n) is 9.79. The quantitative estimate of drug-likeness (QED) is 0.197. The van der Waals surface area contributed by atoms with E-state index in [0.29, 0.717) is 40.3 Å². The molecule has 1 aliphatic rings. The first-order valence-electron chi connectivity index (χ1n) is 13.5. The van der Waals surface area contributed by atoms with Crippen molar-refractivity contribution in [3.63, 3.8) is 0 Å². The molecule has 3 heterocycles. The zero-order chi connectivity index (χ0) is 28.8. The van der Waals surface area contributed by atoms with Crippen LogP contribution in [0.2, 0.25) is 0 Å². The van der Waals surface area contributed by atoms with Gasteiger partial charge in [-0.15, -0.1) is 0 Å². The molecule has 0 atom stereocenters. The van der Waals surface area contributed by atoms with Crippen molar-refractivity contribution in [2.75, 3.05) is 46.6 Å². The van der Waals surface area contributed by atoms with Crippen molar-refractivity contribution in [2.45, 2.75) is 12.8 Å².